The zero-order chi connectivity index (χ0) is 29.1. The quantitative estimate of drug-likeness (QED) is 0.0860. The molecule has 1 aliphatic rings. The van der Waals surface area contributed by atoms with Gasteiger partial charge in [0.15, 0.2) is 11.5 Å². The van der Waals surface area contributed by atoms with Gasteiger partial charge in [0, 0.05) is 5.39 Å². The molecule has 0 saturated carbocycles. The molecule has 0 radical (unpaired) electrons. The van der Waals surface area contributed by atoms with Gasteiger partial charge < -0.3 is 9.47 Å². The van der Waals surface area contributed by atoms with Crippen molar-refractivity contribution >= 4 is 68.7 Å². The maximum absolute atomic E-state index is 14.1. The molecule has 1 fully saturated rings. The summed E-state index contributed by atoms with van der Waals surface area (Å²) in [4.78, 5) is 44.0. The number of amides is 4. The Kier molecular flexibility index (Phi) is 8.21. The van der Waals surface area contributed by atoms with Crippen LogP contribution in [0.2, 0.25) is 0 Å². The Bertz CT molecular complexity index is 1710. The Balaban J connectivity index is 1.69. The summed E-state index contributed by atoms with van der Waals surface area (Å²) in [7, 11) is 0. The Labute approximate surface area is 251 Å². The number of anilines is 2. The van der Waals surface area contributed by atoms with Gasteiger partial charge in [0.1, 0.15) is 12.2 Å². The lowest BCUT2D eigenvalue weighted by molar-refractivity contribution is -0.121. The first kappa shape index (κ1) is 28.1. The number of fused-ring (bicyclic) bond motifs is 1. The largest absolute Gasteiger partial charge is 0.490 e. The van der Waals surface area contributed by atoms with Gasteiger partial charge in [-0.25, -0.2) is 14.6 Å². The second-order valence-corrected chi connectivity index (χ2v) is 10.5. The molecule has 4 amide bonds. The topological polar surface area (TPSA) is 76.2 Å². The third-order valence-electron chi connectivity index (χ3n) is 6.54. The third-order valence-corrected chi connectivity index (χ3v) is 7.34. The van der Waals surface area contributed by atoms with Crippen molar-refractivity contribution in [2.24, 2.45) is 0 Å². The second kappa shape index (κ2) is 12.0. The molecule has 0 atom stereocenters. The van der Waals surface area contributed by atoms with Crippen molar-refractivity contribution in [3.8, 4) is 11.5 Å². The Morgan fingerprint density at radius 3 is 2.32 bits per heavy atom. The van der Waals surface area contributed by atoms with Crippen LogP contribution in [-0.4, -0.2) is 31.1 Å². The average molecular weight is 658 g/mol. The van der Waals surface area contributed by atoms with Crippen LogP contribution in [0.15, 0.2) is 97.1 Å². The summed E-state index contributed by atoms with van der Waals surface area (Å²) in [6.45, 7) is 8.16. The van der Waals surface area contributed by atoms with Gasteiger partial charge >= 0.3 is 6.03 Å². The molecule has 7 nitrogen and oxygen atoms in total. The zero-order valence-electron chi connectivity index (χ0n) is 22.6. The van der Waals surface area contributed by atoms with Crippen molar-refractivity contribution in [2.45, 2.75) is 13.8 Å². The molecular weight excluding hydrogens is 631 g/mol. The Hall–Kier alpha value is -4.44. The third kappa shape index (κ3) is 5.47. The molecule has 0 spiro atoms. The van der Waals surface area contributed by atoms with E-state index in [-0.39, 0.29) is 5.57 Å². The van der Waals surface area contributed by atoms with E-state index in [1.807, 2.05) is 56.3 Å². The van der Waals surface area contributed by atoms with Crippen molar-refractivity contribution < 1.29 is 23.9 Å². The van der Waals surface area contributed by atoms with Crippen LogP contribution < -0.4 is 19.3 Å². The van der Waals surface area contributed by atoms with Crippen molar-refractivity contribution in [1.29, 1.82) is 0 Å². The van der Waals surface area contributed by atoms with Crippen LogP contribution in [-0.2, 0) is 9.59 Å². The van der Waals surface area contributed by atoms with E-state index < -0.39 is 17.8 Å². The fourth-order valence-corrected chi connectivity index (χ4v) is 5.43. The van der Waals surface area contributed by atoms with Crippen molar-refractivity contribution in [1.82, 2.24) is 0 Å². The molecule has 1 aliphatic heterocycles. The van der Waals surface area contributed by atoms with Gasteiger partial charge in [-0.2, -0.15) is 0 Å². The van der Waals surface area contributed by atoms with Gasteiger partial charge in [0.2, 0.25) is 0 Å². The predicted octanol–water partition coefficient (Wildman–Crippen LogP) is 7.30. The summed E-state index contributed by atoms with van der Waals surface area (Å²) in [6.07, 6.45) is 3.14. The molecule has 0 unspecified atom stereocenters. The number of imide groups is 2. The number of hydrogen-bond donors (Lipinski definition) is 0. The monoisotopic (exact) mass is 658 g/mol. The van der Waals surface area contributed by atoms with Crippen LogP contribution in [0.4, 0.5) is 16.2 Å². The van der Waals surface area contributed by atoms with E-state index >= 15 is 0 Å². The maximum atomic E-state index is 14.1. The van der Waals surface area contributed by atoms with Crippen molar-refractivity contribution in [3.63, 3.8) is 0 Å². The summed E-state index contributed by atoms with van der Waals surface area (Å²) in [5.41, 5.74) is 2.13. The predicted molar refractivity (Wildman–Crippen MR) is 169 cm³/mol. The second-order valence-electron chi connectivity index (χ2n) is 9.32. The fraction of sp³-hybridized carbons (Fsp3) is 0.121. The molecule has 1 saturated heterocycles. The first-order chi connectivity index (χ1) is 19.8. The Morgan fingerprint density at radius 2 is 1.59 bits per heavy atom. The number of hydrogen-bond acceptors (Lipinski definition) is 5. The number of carbonyl (C=O) groups is 3. The lowest BCUT2D eigenvalue weighted by Crippen LogP contribution is -2.57. The molecule has 8 heteroatoms. The highest BCUT2D eigenvalue weighted by Gasteiger charge is 2.44. The van der Waals surface area contributed by atoms with Gasteiger partial charge in [0.05, 0.1) is 21.6 Å². The van der Waals surface area contributed by atoms with Crippen LogP contribution >= 0.6 is 22.6 Å². The average Bonchev–Trinajstić information content (AvgIpc) is 2.96. The number of urea groups is 1. The summed E-state index contributed by atoms with van der Waals surface area (Å²) in [6, 6.07) is 22.7. The summed E-state index contributed by atoms with van der Waals surface area (Å²) in [5.74, 6) is -0.397. The van der Waals surface area contributed by atoms with Crippen LogP contribution in [0.1, 0.15) is 18.1 Å². The summed E-state index contributed by atoms with van der Waals surface area (Å²) in [5, 5.41) is 1.58. The number of halogens is 1. The highest BCUT2D eigenvalue weighted by atomic mass is 127. The van der Waals surface area contributed by atoms with Gasteiger partial charge in [-0.05, 0) is 83.8 Å². The SMILES string of the molecule is C=CCOc1c(I)cc(/C=C2\C(=O)N(c3ccc(C)cc3)C(=O)N(c3cccc4ccccc34)C2=O)cc1OCC. The standard InChI is InChI=1S/C33H27IN2O5/c1-4-17-41-30-27(34)19-22(20-29(30)40-5-2)18-26-31(37)35(24-15-13-21(3)14-16-24)33(39)36(32(26)38)28-12-8-10-23-9-6-7-11-25(23)28/h4,6-16,18-20H,1,5,17H2,2-3H3/b26-18+. The lowest BCUT2D eigenvalue weighted by atomic mass is 10.0. The maximum Gasteiger partial charge on any atom is 0.343 e. The molecule has 4 aromatic rings. The molecule has 1 heterocycles. The van der Waals surface area contributed by atoms with E-state index in [0.29, 0.717) is 47.0 Å². The van der Waals surface area contributed by atoms with E-state index in [1.165, 1.54) is 6.08 Å². The minimum Gasteiger partial charge on any atom is -0.490 e. The molecule has 0 bridgehead atoms. The number of nitrogens with zero attached hydrogens (tertiary/aromatic N) is 2. The number of barbiturate groups is 1. The van der Waals surface area contributed by atoms with E-state index in [2.05, 4.69) is 29.2 Å². The highest BCUT2D eigenvalue weighted by molar-refractivity contribution is 14.1. The number of benzene rings is 4. The minimum atomic E-state index is -0.741. The number of rotatable bonds is 8. The van der Waals surface area contributed by atoms with Crippen LogP contribution in [0.25, 0.3) is 16.8 Å². The molecule has 4 aromatic carbocycles. The van der Waals surface area contributed by atoms with Gasteiger partial charge in [0.25, 0.3) is 11.8 Å². The van der Waals surface area contributed by atoms with Gasteiger partial charge in [-0.1, -0.05) is 66.7 Å². The van der Waals surface area contributed by atoms with E-state index in [1.54, 1.807) is 42.5 Å². The van der Waals surface area contributed by atoms with E-state index in [9.17, 15) is 14.4 Å². The van der Waals surface area contributed by atoms with Gasteiger partial charge in [-0.15, -0.1) is 0 Å². The normalized spacial score (nSPS) is 14.6. The number of aryl methyl sites for hydroxylation is 1. The first-order valence-corrected chi connectivity index (χ1v) is 14.1. The smallest absolute Gasteiger partial charge is 0.343 e. The lowest BCUT2D eigenvalue weighted by Gasteiger charge is -2.34. The molecule has 0 N–H and O–H groups in total. The minimum absolute atomic E-state index is 0.156. The molecule has 0 aliphatic carbocycles. The van der Waals surface area contributed by atoms with E-state index in [0.717, 1.165) is 24.3 Å². The molecule has 206 valence electrons. The number of carbonyl (C=O) groups excluding carboxylic acids is 3. The summed E-state index contributed by atoms with van der Waals surface area (Å²) < 4.78 is 12.4. The first-order valence-electron chi connectivity index (χ1n) is 13.0. The Morgan fingerprint density at radius 1 is 0.878 bits per heavy atom. The molecule has 41 heavy (non-hydrogen) atoms. The molecular formula is C33H27IN2O5. The van der Waals surface area contributed by atoms with Crippen LogP contribution in [0.3, 0.4) is 0 Å². The fourth-order valence-electron chi connectivity index (χ4n) is 4.65. The number of ether oxygens (including phenoxy) is 2. The van der Waals surface area contributed by atoms with E-state index in [4.69, 9.17) is 9.47 Å². The highest BCUT2D eigenvalue weighted by Crippen LogP contribution is 2.37. The van der Waals surface area contributed by atoms with Crippen LogP contribution in [0, 0.1) is 10.5 Å². The van der Waals surface area contributed by atoms with Crippen molar-refractivity contribution in [2.75, 3.05) is 23.0 Å². The summed E-state index contributed by atoms with van der Waals surface area (Å²) >= 11 is 2.12. The van der Waals surface area contributed by atoms with Gasteiger partial charge in [-0.3, -0.25) is 9.59 Å². The van der Waals surface area contributed by atoms with Crippen LogP contribution in [0.5, 0.6) is 11.5 Å². The molecule has 0 aromatic heterocycles. The zero-order valence-corrected chi connectivity index (χ0v) is 24.8. The molecule has 5 rings (SSSR count). The van der Waals surface area contributed by atoms with Crippen molar-refractivity contribution in [3.05, 3.63) is 112 Å².